The van der Waals surface area contributed by atoms with Crippen molar-refractivity contribution in [2.75, 3.05) is 25.0 Å². The summed E-state index contributed by atoms with van der Waals surface area (Å²) in [6, 6.07) is 17.3. The topological polar surface area (TPSA) is 80.5 Å². The maximum absolute atomic E-state index is 12.5. The number of hydrogen-bond acceptors (Lipinski definition) is 6. The fraction of sp³-hybridized carbons (Fsp3) is 0.286. The Morgan fingerprint density at radius 1 is 1.14 bits per heavy atom. The second-order valence-corrected chi connectivity index (χ2v) is 6.38. The first kappa shape index (κ1) is 19.4. The molecule has 0 atom stereocenters. The van der Waals surface area contributed by atoms with E-state index in [4.69, 9.17) is 9.26 Å². The molecule has 1 N–H and O–H groups in total. The average molecular weight is 380 g/mol. The molecule has 7 heteroatoms. The first-order valence-corrected chi connectivity index (χ1v) is 9.19. The van der Waals surface area contributed by atoms with Crippen LogP contribution in [-0.4, -0.2) is 36.2 Å². The van der Waals surface area contributed by atoms with Crippen LogP contribution >= 0.6 is 0 Å². The molecule has 0 aliphatic heterocycles. The van der Waals surface area contributed by atoms with E-state index in [0.29, 0.717) is 29.6 Å². The standard InChI is InChI=1S/C21H24N4O3/c1-16-23-20(24-28-16)15-27-19-12-7-6-11-18(19)21(26)22-13-8-14-25(2)17-9-4-3-5-10-17/h3-7,9-12H,8,13-15H2,1-2H3,(H,22,26). The largest absolute Gasteiger partial charge is 0.485 e. The Morgan fingerprint density at radius 3 is 2.64 bits per heavy atom. The molecular formula is C21H24N4O3. The van der Waals surface area contributed by atoms with Crippen molar-refractivity contribution in [1.82, 2.24) is 15.5 Å². The van der Waals surface area contributed by atoms with E-state index in [1.54, 1.807) is 19.1 Å². The van der Waals surface area contributed by atoms with Crippen LogP contribution in [0.2, 0.25) is 0 Å². The molecule has 0 unspecified atom stereocenters. The fourth-order valence-electron chi connectivity index (χ4n) is 2.75. The number of aromatic nitrogens is 2. The van der Waals surface area contributed by atoms with Gasteiger partial charge < -0.3 is 19.5 Å². The number of aryl methyl sites for hydroxylation is 1. The number of nitrogens with zero attached hydrogens (tertiary/aromatic N) is 3. The lowest BCUT2D eigenvalue weighted by molar-refractivity contribution is 0.0948. The third-order valence-corrected chi connectivity index (χ3v) is 4.21. The number of carbonyl (C=O) groups excluding carboxylic acids is 1. The molecule has 2 aromatic carbocycles. The van der Waals surface area contributed by atoms with Gasteiger partial charge in [0.1, 0.15) is 5.75 Å². The lowest BCUT2D eigenvalue weighted by atomic mass is 10.2. The quantitative estimate of drug-likeness (QED) is 0.574. The number of benzene rings is 2. The van der Waals surface area contributed by atoms with E-state index in [0.717, 1.165) is 18.7 Å². The van der Waals surface area contributed by atoms with Crippen LogP contribution in [0.15, 0.2) is 59.1 Å². The molecule has 146 valence electrons. The number of rotatable bonds is 9. The molecule has 0 saturated heterocycles. The lowest BCUT2D eigenvalue weighted by Crippen LogP contribution is -2.28. The van der Waals surface area contributed by atoms with Crippen LogP contribution in [-0.2, 0) is 6.61 Å². The Morgan fingerprint density at radius 2 is 1.89 bits per heavy atom. The number of hydrogen-bond donors (Lipinski definition) is 1. The number of para-hydroxylation sites is 2. The summed E-state index contributed by atoms with van der Waals surface area (Å²) in [5.74, 6) is 1.24. The second-order valence-electron chi connectivity index (χ2n) is 6.38. The monoisotopic (exact) mass is 380 g/mol. The van der Waals surface area contributed by atoms with Gasteiger partial charge in [0.25, 0.3) is 5.91 Å². The molecule has 0 saturated carbocycles. The zero-order valence-electron chi connectivity index (χ0n) is 16.1. The van der Waals surface area contributed by atoms with Crippen LogP contribution < -0.4 is 15.0 Å². The van der Waals surface area contributed by atoms with Crippen molar-refractivity contribution < 1.29 is 14.1 Å². The summed E-state index contributed by atoms with van der Waals surface area (Å²) >= 11 is 0. The molecule has 0 aliphatic carbocycles. The molecule has 28 heavy (non-hydrogen) atoms. The summed E-state index contributed by atoms with van der Waals surface area (Å²) < 4.78 is 10.6. The average Bonchev–Trinajstić information content (AvgIpc) is 3.15. The first-order valence-electron chi connectivity index (χ1n) is 9.19. The van der Waals surface area contributed by atoms with Gasteiger partial charge in [-0.05, 0) is 30.7 Å². The predicted octanol–water partition coefficient (Wildman–Crippen LogP) is 3.21. The van der Waals surface area contributed by atoms with Crippen molar-refractivity contribution in [2.24, 2.45) is 0 Å². The van der Waals surface area contributed by atoms with Gasteiger partial charge in [-0.15, -0.1) is 0 Å². The number of anilines is 1. The summed E-state index contributed by atoms with van der Waals surface area (Å²) in [5, 5.41) is 6.74. The highest BCUT2D eigenvalue weighted by Crippen LogP contribution is 2.19. The maximum atomic E-state index is 12.5. The lowest BCUT2D eigenvalue weighted by Gasteiger charge is -2.19. The third-order valence-electron chi connectivity index (χ3n) is 4.21. The van der Waals surface area contributed by atoms with Gasteiger partial charge in [-0.3, -0.25) is 4.79 Å². The van der Waals surface area contributed by atoms with E-state index in [1.165, 1.54) is 0 Å². The summed E-state index contributed by atoms with van der Waals surface area (Å²) in [6.07, 6.45) is 0.836. The highest BCUT2D eigenvalue weighted by molar-refractivity contribution is 5.96. The Hall–Kier alpha value is -3.35. The molecule has 0 radical (unpaired) electrons. The Kier molecular flexibility index (Phi) is 6.62. The van der Waals surface area contributed by atoms with Gasteiger partial charge in [0.2, 0.25) is 11.7 Å². The molecule has 1 heterocycles. The molecule has 0 bridgehead atoms. The van der Waals surface area contributed by atoms with Crippen LogP contribution in [0, 0.1) is 6.92 Å². The van der Waals surface area contributed by atoms with Crippen molar-refractivity contribution in [3.63, 3.8) is 0 Å². The van der Waals surface area contributed by atoms with Gasteiger partial charge >= 0.3 is 0 Å². The molecule has 3 aromatic rings. The Labute approximate surface area is 164 Å². The number of amides is 1. The van der Waals surface area contributed by atoms with E-state index in [9.17, 15) is 4.79 Å². The van der Waals surface area contributed by atoms with Gasteiger partial charge in [-0.25, -0.2) is 0 Å². The molecule has 3 rings (SSSR count). The van der Waals surface area contributed by atoms with Crippen molar-refractivity contribution >= 4 is 11.6 Å². The normalized spacial score (nSPS) is 10.5. The SMILES string of the molecule is Cc1nc(COc2ccccc2C(=O)NCCCN(C)c2ccccc2)no1. The fourth-order valence-corrected chi connectivity index (χ4v) is 2.75. The Bertz CT molecular complexity index is 895. The highest BCUT2D eigenvalue weighted by Gasteiger charge is 2.13. The zero-order chi connectivity index (χ0) is 19.8. The summed E-state index contributed by atoms with van der Waals surface area (Å²) in [5.41, 5.74) is 1.64. The number of nitrogens with one attached hydrogen (secondary N) is 1. The van der Waals surface area contributed by atoms with Gasteiger partial charge in [0, 0.05) is 32.7 Å². The van der Waals surface area contributed by atoms with Crippen LogP contribution in [0.3, 0.4) is 0 Å². The van der Waals surface area contributed by atoms with Crippen LogP contribution in [0.1, 0.15) is 28.5 Å². The van der Waals surface area contributed by atoms with Gasteiger partial charge in [-0.1, -0.05) is 35.5 Å². The van der Waals surface area contributed by atoms with Crippen LogP contribution in [0.5, 0.6) is 5.75 Å². The van der Waals surface area contributed by atoms with E-state index in [2.05, 4.69) is 32.5 Å². The minimum Gasteiger partial charge on any atom is -0.485 e. The van der Waals surface area contributed by atoms with E-state index >= 15 is 0 Å². The smallest absolute Gasteiger partial charge is 0.255 e. The number of ether oxygens (including phenoxy) is 1. The molecule has 0 fully saturated rings. The minimum absolute atomic E-state index is 0.142. The minimum atomic E-state index is -0.165. The van der Waals surface area contributed by atoms with E-state index < -0.39 is 0 Å². The van der Waals surface area contributed by atoms with Gasteiger partial charge in [-0.2, -0.15) is 4.98 Å². The second kappa shape index (κ2) is 9.55. The molecule has 1 amide bonds. The molecule has 7 nitrogen and oxygen atoms in total. The van der Waals surface area contributed by atoms with E-state index in [-0.39, 0.29) is 12.5 Å². The molecule has 0 spiro atoms. The van der Waals surface area contributed by atoms with Crippen LogP contribution in [0.4, 0.5) is 5.69 Å². The van der Waals surface area contributed by atoms with Crippen molar-refractivity contribution in [1.29, 1.82) is 0 Å². The van der Waals surface area contributed by atoms with Gasteiger partial charge in [0.05, 0.1) is 5.56 Å². The highest BCUT2D eigenvalue weighted by atomic mass is 16.5. The predicted molar refractivity (Wildman–Crippen MR) is 106 cm³/mol. The summed E-state index contributed by atoms with van der Waals surface area (Å²) in [4.78, 5) is 18.8. The van der Waals surface area contributed by atoms with E-state index in [1.807, 2.05) is 37.4 Å². The van der Waals surface area contributed by atoms with Crippen molar-refractivity contribution in [3.8, 4) is 5.75 Å². The van der Waals surface area contributed by atoms with Crippen molar-refractivity contribution in [2.45, 2.75) is 20.0 Å². The van der Waals surface area contributed by atoms with Crippen molar-refractivity contribution in [3.05, 3.63) is 71.9 Å². The summed E-state index contributed by atoms with van der Waals surface area (Å²) in [7, 11) is 2.04. The van der Waals surface area contributed by atoms with Gasteiger partial charge in [0.15, 0.2) is 6.61 Å². The Balaban J connectivity index is 1.49. The maximum Gasteiger partial charge on any atom is 0.255 e. The molecular weight excluding hydrogens is 356 g/mol. The zero-order valence-corrected chi connectivity index (χ0v) is 16.1. The summed E-state index contributed by atoms with van der Waals surface area (Å²) in [6.45, 7) is 3.28. The molecule has 0 aliphatic rings. The number of carbonyl (C=O) groups is 1. The first-order chi connectivity index (χ1) is 13.6. The third kappa shape index (κ3) is 5.33. The van der Waals surface area contributed by atoms with Crippen LogP contribution in [0.25, 0.3) is 0 Å². The molecule has 1 aromatic heterocycles.